The van der Waals surface area contributed by atoms with Crippen molar-refractivity contribution in [1.29, 1.82) is 0 Å². The van der Waals surface area contributed by atoms with Crippen LogP contribution in [0.4, 0.5) is 5.13 Å². The summed E-state index contributed by atoms with van der Waals surface area (Å²) in [6.07, 6.45) is 4.14. The van der Waals surface area contributed by atoms with E-state index in [0.717, 1.165) is 42.2 Å². The summed E-state index contributed by atoms with van der Waals surface area (Å²) in [5, 5.41) is 6.21. The summed E-state index contributed by atoms with van der Waals surface area (Å²) in [4.78, 5) is 19.3. The number of piperidine rings is 1. The number of carbonyl (C=O) groups excluding carboxylic acids is 1. The Hall–Kier alpha value is -2.66. The molecule has 2 aromatic carbocycles. The molecular formula is C22H23N3OS. The van der Waals surface area contributed by atoms with Crippen molar-refractivity contribution in [3.05, 3.63) is 71.7 Å². The lowest BCUT2D eigenvalue weighted by atomic mass is 9.98. The maximum atomic E-state index is 12.5. The molecule has 27 heavy (non-hydrogen) atoms. The minimum Gasteiger partial charge on any atom is -0.352 e. The second-order valence-electron chi connectivity index (χ2n) is 6.92. The zero-order valence-corrected chi connectivity index (χ0v) is 16.0. The number of amides is 1. The van der Waals surface area contributed by atoms with Crippen molar-refractivity contribution in [2.24, 2.45) is 5.92 Å². The Bertz CT molecular complexity index is 862. The summed E-state index contributed by atoms with van der Waals surface area (Å²) in [5.74, 6) is 0.469. The molecule has 0 bridgehead atoms. The second-order valence-corrected chi connectivity index (χ2v) is 7.80. The van der Waals surface area contributed by atoms with E-state index >= 15 is 0 Å². The molecule has 2 heterocycles. The van der Waals surface area contributed by atoms with Crippen LogP contribution in [0.5, 0.6) is 0 Å². The summed E-state index contributed by atoms with van der Waals surface area (Å²) >= 11 is 1.68. The molecule has 0 spiro atoms. The number of benzene rings is 2. The van der Waals surface area contributed by atoms with E-state index in [2.05, 4.69) is 27.3 Å². The third-order valence-electron chi connectivity index (χ3n) is 5.01. The van der Waals surface area contributed by atoms with Gasteiger partial charge in [-0.2, -0.15) is 0 Å². The van der Waals surface area contributed by atoms with Gasteiger partial charge in [0.05, 0.1) is 0 Å². The van der Waals surface area contributed by atoms with Gasteiger partial charge in [0.2, 0.25) is 0 Å². The highest BCUT2D eigenvalue weighted by molar-refractivity contribution is 7.13. The molecule has 4 rings (SSSR count). The maximum Gasteiger partial charge on any atom is 0.251 e. The van der Waals surface area contributed by atoms with Gasteiger partial charge in [-0.15, -0.1) is 11.3 Å². The van der Waals surface area contributed by atoms with Gasteiger partial charge < -0.3 is 10.2 Å². The van der Waals surface area contributed by atoms with Crippen molar-refractivity contribution in [3.8, 4) is 11.1 Å². The first-order chi connectivity index (χ1) is 13.3. The first kappa shape index (κ1) is 17.7. The van der Waals surface area contributed by atoms with Gasteiger partial charge in [0.25, 0.3) is 5.91 Å². The Morgan fingerprint density at radius 2 is 1.89 bits per heavy atom. The van der Waals surface area contributed by atoms with Gasteiger partial charge in [0.15, 0.2) is 5.13 Å². The molecule has 1 aromatic heterocycles. The lowest BCUT2D eigenvalue weighted by molar-refractivity contribution is 0.0945. The molecule has 5 heteroatoms. The highest BCUT2D eigenvalue weighted by Gasteiger charge is 2.22. The van der Waals surface area contributed by atoms with Crippen molar-refractivity contribution >= 4 is 22.4 Å². The fourth-order valence-corrected chi connectivity index (χ4v) is 4.24. The van der Waals surface area contributed by atoms with Gasteiger partial charge in [-0.25, -0.2) is 4.98 Å². The molecule has 1 atom stereocenters. The Balaban J connectivity index is 1.32. The molecule has 3 aromatic rings. The molecule has 1 fully saturated rings. The molecule has 1 amide bonds. The molecule has 1 N–H and O–H groups in total. The van der Waals surface area contributed by atoms with Gasteiger partial charge >= 0.3 is 0 Å². The lowest BCUT2D eigenvalue weighted by Gasteiger charge is -2.32. The molecule has 0 radical (unpaired) electrons. The molecule has 4 nitrogen and oxygen atoms in total. The fourth-order valence-electron chi connectivity index (χ4n) is 3.56. The van der Waals surface area contributed by atoms with E-state index in [-0.39, 0.29) is 5.91 Å². The summed E-state index contributed by atoms with van der Waals surface area (Å²) in [7, 11) is 0. The van der Waals surface area contributed by atoms with Crippen LogP contribution in [0, 0.1) is 5.92 Å². The van der Waals surface area contributed by atoms with Gasteiger partial charge in [-0.3, -0.25) is 4.79 Å². The largest absolute Gasteiger partial charge is 0.352 e. The summed E-state index contributed by atoms with van der Waals surface area (Å²) in [5.41, 5.74) is 3.00. The van der Waals surface area contributed by atoms with E-state index in [9.17, 15) is 4.79 Å². The average molecular weight is 378 g/mol. The first-order valence-corrected chi connectivity index (χ1v) is 10.3. The van der Waals surface area contributed by atoms with Crippen molar-refractivity contribution < 1.29 is 4.79 Å². The van der Waals surface area contributed by atoms with Gasteiger partial charge in [-0.05, 0) is 42.0 Å². The number of hydrogen-bond acceptors (Lipinski definition) is 4. The summed E-state index contributed by atoms with van der Waals surface area (Å²) < 4.78 is 0. The Labute approximate surface area is 163 Å². The molecular weight excluding hydrogens is 354 g/mol. The second kappa shape index (κ2) is 8.35. The Morgan fingerprint density at radius 1 is 1.11 bits per heavy atom. The number of rotatable bonds is 5. The SMILES string of the molecule is O=C(NCC1CCCN(c2nccs2)C1)c1ccc(-c2ccccc2)cc1. The van der Waals surface area contributed by atoms with Crippen LogP contribution in [0.15, 0.2) is 66.2 Å². The first-order valence-electron chi connectivity index (χ1n) is 9.38. The predicted octanol–water partition coefficient (Wildman–Crippen LogP) is 4.46. The standard InChI is InChI=1S/C22H23N3OS/c26-21(20-10-8-19(9-11-20)18-6-2-1-3-7-18)24-15-17-5-4-13-25(16-17)22-23-12-14-27-22/h1-3,6-12,14,17H,4-5,13,15-16H2,(H,24,26). The van der Waals surface area contributed by atoms with E-state index in [1.165, 1.54) is 0 Å². The molecule has 138 valence electrons. The van der Waals surface area contributed by atoms with Crippen LogP contribution in [0.1, 0.15) is 23.2 Å². The number of aromatic nitrogens is 1. The normalized spacial score (nSPS) is 16.9. The monoisotopic (exact) mass is 377 g/mol. The molecule has 1 unspecified atom stereocenters. The molecule has 0 aliphatic carbocycles. The van der Waals surface area contributed by atoms with E-state index in [1.807, 2.05) is 54.0 Å². The van der Waals surface area contributed by atoms with Crippen molar-refractivity contribution in [2.75, 3.05) is 24.5 Å². The third-order valence-corrected chi connectivity index (χ3v) is 5.85. The number of hydrogen-bond donors (Lipinski definition) is 1. The van der Waals surface area contributed by atoms with E-state index in [4.69, 9.17) is 0 Å². The molecule has 1 aliphatic rings. The minimum absolute atomic E-state index is 0.000911. The van der Waals surface area contributed by atoms with Gasteiger partial charge in [0, 0.05) is 36.8 Å². The average Bonchev–Trinajstić information content (AvgIpc) is 3.28. The summed E-state index contributed by atoms with van der Waals surface area (Å²) in [6.45, 7) is 2.72. The number of thiazole rings is 1. The quantitative estimate of drug-likeness (QED) is 0.714. The molecule has 0 saturated carbocycles. The van der Waals surface area contributed by atoms with Crippen LogP contribution in [-0.4, -0.2) is 30.5 Å². The number of nitrogens with one attached hydrogen (secondary N) is 1. The number of nitrogens with zero attached hydrogens (tertiary/aromatic N) is 2. The number of anilines is 1. The third kappa shape index (κ3) is 4.37. The topological polar surface area (TPSA) is 45.2 Å². The minimum atomic E-state index is 0.000911. The predicted molar refractivity (Wildman–Crippen MR) is 111 cm³/mol. The highest BCUT2D eigenvalue weighted by Crippen LogP contribution is 2.24. The maximum absolute atomic E-state index is 12.5. The zero-order valence-electron chi connectivity index (χ0n) is 15.2. The van der Waals surface area contributed by atoms with Crippen molar-refractivity contribution in [3.63, 3.8) is 0 Å². The van der Waals surface area contributed by atoms with Crippen molar-refractivity contribution in [2.45, 2.75) is 12.8 Å². The fraction of sp³-hybridized carbons (Fsp3) is 0.273. The smallest absolute Gasteiger partial charge is 0.251 e. The van der Waals surface area contributed by atoms with Crippen LogP contribution in [-0.2, 0) is 0 Å². The van der Waals surface area contributed by atoms with Crippen molar-refractivity contribution in [1.82, 2.24) is 10.3 Å². The van der Waals surface area contributed by atoms with E-state index in [1.54, 1.807) is 11.3 Å². The lowest BCUT2D eigenvalue weighted by Crippen LogP contribution is -2.41. The van der Waals surface area contributed by atoms with Crippen LogP contribution in [0.3, 0.4) is 0 Å². The summed E-state index contributed by atoms with van der Waals surface area (Å²) in [6, 6.07) is 18.0. The van der Waals surface area contributed by atoms with Crippen LogP contribution < -0.4 is 10.2 Å². The van der Waals surface area contributed by atoms with E-state index in [0.29, 0.717) is 18.0 Å². The highest BCUT2D eigenvalue weighted by atomic mass is 32.1. The Morgan fingerprint density at radius 3 is 2.63 bits per heavy atom. The number of carbonyl (C=O) groups is 1. The zero-order chi connectivity index (χ0) is 18.5. The van der Waals surface area contributed by atoms with Gasteiger partial charge in [0.1, 0.15) is 0 Å². The molecule has 1 saturated heterocycles. The molecule has 1 aliphatic heterocycles. The van der Waals surface area contributed by atoms with Crippen LogP contribution in [0.2, 0.25) is 0 Å². The Kier molecular flexibility index (Phi) is 5.49. The van der Waals surface area contributed by atoms with Crippen LogP contribution >= 0.6 is 11.3 Å². The van der Waals surface area contributed by atoms with Gasteiger partial charge in [-0.1, -0.05) is 42.5 Å². The van der Waals surface area contributed by atoms with Crippen LogP contribution in [0.25, 0.3) is 11.1 Å². The van der Waals surface area contributed by atoms with E-state index < -0.39 is 0 Å².